The first kappa shape index (κ1) is 13.5. The molecule has 0 saturated heterocycles. The van der Waals surface area contributed by atoms with E-state index in [1.165, 1.54) is 0 Å². The fourth-order valence-electron chi connectivity index (χ4n) is 1.81. The van der Waals surface area contributed by atoms with Crippen LogP contribution < -0.4 is 11.1 Å². The predicted octanol–water partition coefficient (Wildman–Crippen LogP) is 1.39. The van der Waals surface area contributed by atoms with Gasteiger partial charge in [-0.3, -0.25) is 4.79 Å². The maximum absolute atomic E-state index is 11.8. The van der Waals surface area contributed by atoms with E-state index in [-0.39, 0.29) is 5.91 Å². The maximum atomic E-state index is 11.8. The fourth-order valence-corrected chi connectivity index (χ4v) is 1.81. The highest BCUT2D eigenvalue weighted by molar-refractivity contribution is 5.81. The van der Waals surface area contributed by atoms with E-state index in [0.29, 0.717) is 31.3 Å². The molecule has 0 fully saturated rings. The molecular weight excluding hydrogens is 242 g/mol. The molecule has 5 heteroatoms. The lowest BCUT2D eigenvalue weighted by Gasteiger charge is -2.09. The Hall–Kier alpha value is -1.88. The van der Waals surface area contributed by atoms with Crippen molar-refractivity contribution in [1.82, 2.24) is 10.3 Å². The van der Waals surface area contributed by atoms with Crippen molar-refractivity contribution in [2.24, 2.45) is 11.7 Å². The zero-order valence-electron chi connectivity index (χ0n) is 11.3. The van der Waals surface area contributed by atoms with Gasteiger partial charge in [-0.05, 0) is 30.2 Å². The summed E-state index contributed by atoms with van der Waals surface area (Å²) in [4.78, 5) is 16.0. The molecule has 1 aromatic heterocycles. The van der Waals surface area contributed by atoms with E-state index in [1.54, 1.807) is 6.92 Å². The predicted molar refractivity (Wildman–Crippen MR) is 73.7 cm³/mol. The molecule has 0 spiro atoms. The van der Waals surface area contributed by atoms with Gasteiger partial charge >= 0.3 is 0 Å². The van der Waals surface area contributed by atoms with Gasteiger partial charge in [-0.2, -0.15) is 0 Å². The Morgan fingerprint density at radius 2 is 2.32 bits per heavy atom. The SMILES string of the molecule is Cc1nc2ccc(CC(=O)NCC(C)CN)cc2o1. The second-order valence-corrected chi connectivity index (χ2v) is 4.86. The van der Waals surface area contributed by atoms with Crippen molar-refractivity contribution in [1.29, 1.82) is 0 Å². The van der Waals surface area contributed by atoms with Crippen LogP contribution in [0, 0.1) is 12.8 Å². The summed E-state index contributed by atoms with van der Waals surface area (Å²) in [7, 11) is 0. The van der Waals surface area contributed by atoms with Gasteiger partial charge in [-0.1, -0.05) is 13.0 Å². The summed E-state index contributed by atoms with van der Waals surface area (Å²) >= 11 is 0. The molecular formula is C14H19N3O2. The summed E-state index contributed by atoms with van der Waals surface area (Å²) in [5, 5.41) is 2.87. The summed E-state index contributed by atoms with van der Waals surface area (Å²) in [5.74, 6) is 0.924. The number of fused-ring (bicyclic) bond motifs is 1. The Labute approximate surface area is 112 Å². The van der Waals surface area contributed by atoms with Gasteiger partial charge in [0.05, 0.1) is 6.42 Å². The lowest BCUT2D eigenvalue weighted by Crippen LogP contribution is -2.32. The Balaban J connectivity index is 1.98. The highest BCUT2D eigenvalue weighted by Crippen LogP contribution is 2.17. The Morgan fingerprint density at radius 1 is 1.53 bits per heavy atom. The number of benzene rings is 1. The minimum absolute atomic E-state index is 0.00381. The number of carbonyl (C=O) groups is 1. The molecule has 2 aromatic rings. The van der Waals surface area contributed by atoms with E-state index >= 15 is 0 Å². The zero-order valence-corrected chi connectivity index (χ0v) is 11.3. The number of aromatic nitrogens is 1. The van der Waals surface area contributed by atoms with Gasteiger partial charge in [0.2, 0.25) is 5.91 Å². The van der Waals surface area contributed by atoms with Crippen molar-refractivity contribution in [3.05, 3.63) is 29.7 Å². The number of amides is 1. The van der Waals surface area contributed by atoms with Crippen LogP contribution in [0.4, 0.5) is 0 Å². The third-order valence-corrected chi connectivity index (χ3v) is 2.97. The van der Waals surface area contributed by atoms with Crippen LogP contribution in [0.15, 0.2) is 22.6 Å². The molecule has 0 saturated carbocycles. The van der Waals surface area contributed by atoms with Gasteiger partial charge in [0.1, 0.15) is 5.52 Å². The lowest BCUT2D eigenvalue weighted by atomic mass is 10.1. The first-order valence-electron chi connectivity index (χ1n) is 6.41. The minimum atomic E-state index is -0.00381. The van der Waals surface area contributed by atoms with Gasteiger partial charge in [0.25, 0.3) is 0 Å². The minimum Gasteiger partial charge on any atom is -0.441 e. The molecule has 0 aliphatic rings. The molecule has 1 aromatic carbocycles. The number of carbonyl (C=O) groups excluding carboxylic acids is 1. The molecule has 1 unspecified atom stereocenters. The van der Waals surface area contributed by atoms with Gasteiger partial charge in [0.15, 0.2) is 11.5 Å². The second-order valence-electron chi connectivity index (χ2n) is 4.86. The summed E-state index contributed by atoms with van der Waals surface area (Å²) in [6.45, 7) is 4.99. The number of aryl methyl sites for hydroxylation is 1. The molecule has 19 heavy (non-hydrogen) atoms. The highest BCUT2D eigenvalue weighted by Gasteiger charge is 2.08. The summed E-state index contributed by atoms with van der Waals surface area (Å²) < 4.78 is 5.45. The number of nitrogens with two attached hydrogens (primary N) is 1. The Bertz CT molecular complexity index is 577. The van der Waals surface area contributed by atoms with E-state index in [0.717, 1.165) is 16.7 Å². The van der Waals surface area contributed by atoms with E-state index in [2.05, 4.69) is 10.3 Å². The summed E-state index contributed by atoms with van der Waals surface area (Å²) in [6, 6.07) is 5.63. The average molecular weight is 261 g/mol. The molecule has 3 N–H and O–H groups in total. The zero-order chi connectivity index (χ0) is 13.8. The van der Waals surface area contributed by atoms with E-state index in [4.69, 9.17) is 10.2 Å². The molecule has 0 bridgehead atoms. The van der Waals surface area contributed by atoms with Crippen molar-refractivity contribution in [2.75, 3.05) is 13.1 Å². The molecule has 0 aliphatic carbocycles. The van der Waals surface area contributed by atoms with E-state index in [9.17, 15) is 4.79 Å². The van der Waals surface area contributed by atoms with Crippen LogP contribution >= 0.6 is 0 Å². The number of rotatable bonds is 5. The van der Waals surface area contributed by atoms with Crippen molar-refractivity contribution in [3.63, 3.8) is 0 Å². The Morgan fingerprint density at radius 3 is 3.05 bits per heavy atom. The lowest BCUT2D eigenvalue weighted by molar-refractivity contribution is -0.120. The van der Waals surface area contributed by atoms with Crippen LogP contribution in [0.2, 0.25) is 0 Å². The topological polar surface area (TPSA) is 81.2 Å². The first-order chi connectivity index (χ1) is 9.08. The van der Waals surface area contributed by atoms with Gasteiger partial charge < -0.3 is 15.5 Å². The van der Waals surface area contributed by atoms with Gasteiger partial charge in [0, 0.05) is 13.5 Å². The normalized spacial score (nSPS) is 12.6. The van der Waals surface area contributed by atoms with Crippen LogP contribution in [-0.4, -0.2) is 24.0 Å². The number of oxazole rings is 1. The van der Waals surface area contributed by atoms with Crippen LogP contribution in [0.5, 0.6) is 0 Å². The van der Waals surface area contributed by atoms with E-state index in [1.807, 2.05) is 25.1 Å². The standard InChI is InChI=1S/C14H19N3O2/c1-9(7-15)8-16-14(18)6-11-3-4-12-13(5-11)19-10(2)17-12/h3-5,9H,6-8,15H2,1-2H3,(H,16,18). The molecule has 2 rings (SSSR count). The molecule has 1 heterocycles. The van der Waals surface area contributed by atoms with Gasteiger partial charge in [-0.25, -0.2) is 4.98 Å². The molecule has 1 atom stereocenters. The third-order valence-electron chi connectivity index (χ3n) is 2.97. The molecule has 1 amide bonds. The van der Waals surface area contributed by atoms with Crippen molar-refractivity contribution < 1.29 is 9.21 Å². The molecule has 0 radical (unpaired) electrons. The monoisotopic (exact) mass is 261 g/mol. The van der Waals surface area contributed by atoms with Crippen LogP contribution in [0.1, 0.15) is 18.4 Å². The average Bonchev–Trinajstić information content (AvgIpc) is 2.75. The number of nitrogens with one attached hydrogen (secondary N) is 1. The van der Waals surface area contributed by atoms with Crippen LogP contribution in [0.3, 0.4) is 0 Å². The Kier molecular flexibility index (Phi) is 4.16. The smallest absolute Gasteiger partial charge is 0.224 e. The van der Waals surface area contributed by atoms with Crippen molar-refractivity contribution in [2.45, 2.75) is 20.3 Å². The molecule has 0 aliphatic heterocycles. The second kappa shape index (κ2) is 5.84. The third kappa shape index (κ3) is 3.54. The maximum Gasteiger partial charge on any atom is 0.224 e. The molecule has 5 nitrogen and oxygen atoms in total. The quantitative estimate of drug-likeness (QED) is 0.852. The number of nitrogens with zero attached hydrogens (tertiary/aromatic N) is 1. The van der Waals surface area contributed by atoms with Crippen molar-refractivity contribution >= 4 is 17.0 Å². The molecule has 102 valence electrons. The van der Waals surface area contributed by atoms with Crippen molar-refractivity contribution in [3.8, 4) is 0 Å². The largest absolute Gasteiger partial charge is 0.441 e. The number of hydrogen-bond donors (Lipinski definition) is 2. The van der Waals surface area contributed by atoms with Crippen LogP contribution in [0.25, 0.3) is 11.1 Å². The highest BCUT2D eigenvalue weighted by atomic mass is 16.3. The van der Waals surface area contributed by atoms with Crippen LogP contribution in [-0.2, 0) is 11.2 Å². The first-order valence-corrected chi connectivity index (χ1v) is 6.41. The van der Waals surface area contributed by atoms with E-state index < -0.39 is 0 Å². The summed E-state index contributed by atoms with van der Waals surface area (Å²) in [6.07, 6.45) is 0.340. The fraction of sp³-hybridized carbons (Fsp3) is 0.429. The summed E-state index contributed by atoms with van der Waals surface area (Å²) in [5.41, 5.74) is 7.96. The van der Waals surface area contributed by atoms with Gasteiger partial charge in [-0.15, -0.1) is 0 Å². The number of hydrogen-bond acceptors (Lipinski definition) is 4.